The van der Waals surface area contributed by atoms with Gasteiger partial charge in [0, 0.05) is 30.8 Å². The molecule has 0 saturated heterocycles. The van der Waals surface area contributed by atoms with Gasteiger partial charge in [-0.15, -0.1) is 0 Å². The van der Waals surface area contributed by atoms with E-state index in [1.165, 1.54) is 18.4 Å². The highest BCUT2D eigenvalue weighted by Crippen LogP contribution is 2.28. The lowest BCUT2D eigenvalue weighted by Gasteiger charge is -2.11. The fourth-order valence-electron chi connectivity index (χ4n) is 2.02. The number of ether oxygens (including phenoxy) is 1. The van der Waals surface area contributed by atoms with E-state index in [0.29, 0.717) is 6.54 Å². The summed E-state index contributed by atoms with van der Waals surface area (Å²) in [7, 11) is 0. The quantitative estimate of drug-likeness (QED) is 0.399. The lowest BCUT2D eigenvalue weighted by atomic mass is 10.2. The Morgan fingerprint density at radius 2 is 2.05 bits per heavy atom. The molecule has 0 amide bonds. The fourth-order valence-corrected chi connectivity index (χ4v) is 2.28. The number of halogens is 1. The van der Waals surface area contributed by atoms with Crippen molar-refractivity contribution in [3.05, 3.63) is 34.3 Å². The molecule has 0 heterocycles. The molecule has 1 aliphatic rings. The molecule has 0 bridgehead atoms. The Hall–Kier alpha value is -1.07. The standard InChI is InChI=1S/C17H26BrN3O/c1-2-19-17(20-10-3-11-22-13-15-4-5-15)21-12-14-6-8-16(18)9-7-14/h6-9,15H,2-5,10-13H2,1H3,(H2,19,20,21). The predicted octanol–water partition coefficient (Wildman–Crippen LogP) is 3.32. The highest BCUT2D eigenvalue weighted by molar-refractivity contribution is 9.10. The smallest absolute Gasteiger partial charge is 0.191 e. The summed E-state index contributed by atoms with van der Waals surface area (Å²) in [6, 6.07) is 8.26. The van der Waals surface area contributed by atoms with Crippen LogP contribution in [0.2, 0.25) is 0 Å². The van der Waals surface area contributed by atoms with Gasteiger partial charge in [0.05, 0.1) is 6.54 Å². The first-order valence-electron chi connectivity index (χ1n) is 8.12. The molecule has 0 spiro atoms. The van der Waals surface area contributed by atoms with Crippen LogP contribution in [0.1, 0.15) is 31.7 Å². The van der Waals surface area contributed by atoms with Crippen molar-refractivity contribution in [2.45, 2.75) is 32.7 Å². The summed E-state index contributed by atoms with van der Waals surface area (Å²) in [5.74, 6) is 1.71. The average molecular weight is 368 g/mol. The van der Waals surface area contributed by atoms with E-state index in [4.69, 9.17) is 4.74 Å². The molecular weight excluding hydrogens is 342 g/mol. The number of aliphatic imine (C=N–C) groups is 1. The van der Waals surface area contributed by atoms with Crippen LogP contribution in [-0.2, 0) is 11.3 Å². The third-order valence-corrected chi connectivity index (χ3v) is 4.01. The third-order valence-electron chi connectivity index (χ3n) is 3.49. The van der Waals surface area contributed by atoms with Crippen LogP contribution < -0.4 is 10.6 Å². The number of nitrogens with one attached hydrogen (secondary N) is 2. The maximum absolute atomic E-state index is 5.64. The third kappa shape index (κ3) is 7.27. The summed E-state index contributed by atoms with van der Waals surface area (Å²) in [6.07, 6.45) is 3.71. The van der Waals surface area contributed by atoms with Crippen molar-refractivity contribution in [2.24, 2.45) is 10.9 Å². The average Bonchev–Trinajstić information content (AvgIpc) is 3.34. The van der Waals surface area contributed by atoms with E-state index < -0.39 is 0 Å². The molecule has 1 fully saturated rings. The first-order valence-corrected chi connectivity index (χ1v) is 8.91. The number of benzene rings is 1. The Bertz CT molecular complexity index is 457. The van der Waals surface area contributed by atoms with E-state index in [1.807, 2.05) is 12.1 Å². The van der Waals surface area contributed by atoms with E-state index in [-0.39, 0.29) is 0 Å². The van der Waals surface area contributed by atoms with Gasteiger partial charge in [-0.3, -0.25) is 0 Å². The topological polar surface area (TPSA) is 45.7 Å². The summed E-state index contributed by atoms with van der Waals surface area (Å²) in [5.41, 5.74) is 1.20. The van der Waals surface area contributed by atoms with E-state index in [0.717, 1.165) is 49.1 Å². The normalized spacial score (nSPS) is 14.9. The van der Waals surface area contributed by atoms with Crippen molar-refractivity contribution in [3.8, 4) is 0 Å². The molecule has 1 aromatic rings. The van der Waals surface area contributed by atoms with Crippen molar-refractivity contribution in [1.29, 1.82) is 0 Å². The maximum Gasteiger partial charge on any atom is 0.191 e. The Morgan fingerprint density at radius 3 is 2.73 bits per heavy atom. The van der Waals surface area contributed by atoms with E-state index >= 15 is 0 Å². The highest BCUT2D eigenvalue weighted by Gasteiger charge is 2.20. The van der Waals surface area contributed by atoms with Crippen molar-refractivity contribution in [2.75, 3.05) is 26.3 Å². The van der Waals surface area contributed by atoms with Gasteiger partial charge in [0.1, 0.15) is 0 Å². The van der Waals surface area contributed by atoms with Gasteiger partial charge in [0.25, 0.3) is 0 Å². The molecule has 0 radical (unpaired) electrons. The van der Waals surface area contributed by atoms with Crippen LogP contribution in [0.5, 0.6) is 0 Å². The van der Waals surface area contributed by atoms with Gasteiger partial charge >= 0.3 is 0 Å². The number of rotatable bonds is 9. The molecule has 1 aromatic carbocycles. The van der Waals surface area contributed by atoms with Gasteiger partial charge in [-0.25, -0.2) is 4.99 Å². The van der Waals surface area contributed by atoms with Crippen molar-refractivity contribution in [1.82, 2.24) is 10.6 Å². The van der Waals surface area contributed by atoms with Crippen LogP contribution in [0.3, 0.4) is 0 Å². The van der Waals surface area contributed by atoms with Crippen LogP contribution in [0.25, 0.3) is 0 Å². The second kappa shape index (κ2) is 9.85. The van der Waals surface area contributed by atoms with Gasteiger partial charge < -0.3 is 15.4 Å². The second-order valence-electron chi connectivity index (χ2n) is 5.62. The molecule has 0 aliphatic heterocycles. The molecular formula is C17H26BrN3O. The minimum Gasteiger partial charge on any atom is -0.381 e. The maximum atomic E-state index is 5.64. The van der Waals surface area contributed by atoms with Crippen LogP contribution in [-0.4, -0.2) is 32.3 Å². The Kier molecular flexibility index (Phi) is 7.74. The molecule has 2 N–H and O–H groups in total. The summed E-state index contributed by atoms with van der Waals surface area (Å²) in [6.45, 7) is 6.28. The van der Waals surface area contributed by atoms with Crippen molar-refractivity contribution in [3.63, 3.8) is 0 Å². The Morgan fingerprint density at radius 1 is 1.27 bits per heavy atom. The van der Waals surface area contributed by atoms with E-state index in [1.54, 1.807) is 0 Å². The van der Waals surface area contributed by atoms with Gasteiger partial charge in [0.2, 0.25) is 0 Å². The summed E-state index contributed by atoms with van der Waals surface area (Å²) < 4.78 is 6.73. The zero-order valence-electron chi connectivity index (χ0n) is 13.3. The van der Waals surface area contributed by atoms with Gasteiger partial charge in [-0.05, 0) is 49.8 Å². The Balaban J connectivity index is 1.65. The first-order chi connectivity index (χ1) is 10.8. The molecule has 0 unspecified atom stereocenters. The van der Waals surface area contributed by atoms with Crippen molar-refractivity contribution >= 4 is 21.9 Å². The zero-order valence-corrected chi connectivity index (χ0v) is 14.9. The molecule has 0 aromatic heterocycles. The summed E-state index contributed by atoms with van der Waals surface area (Å²) in [5, 5.41) is 6.63. The van der Waals surface area contributed by atoms with Gasteiger partial charge in [0.15, 0.2) is 5.96 Å². The second-order valence-corrected chi connectivity index (χ2v) is 6.54. The molecule has 1 aliphatic carbocycles. The molecule has 1 saturated carbocycles. The molecule has 0 atom stereocenters. The summed E-state index contributed by atoms with van der Waals surface area (Å²) >= 11 is 3.45. The molecule has 122 valence electrons. The number of hydrogen-bond donors (Lipinski definition) is 2. The lowest BCUT2D eigenvalue weighted by Crippen LogP contribution is -2.38. The minimum atomic E-state index is 0.681. The van der Waals surface area contributed by atoms with Crippen molar-refractivity contribution < 1.29 is 4.74 Å². The van der Waals surface area contributed by atoms with Crippen LogP contribution in [0.4, 0.5) is 0 Å². The van der Waals surface area contributed by atoms with Crippen LogP contribution in [0, 0.1) is 5.92 Å². The molecule has 22 heavy (non-hydrogen) atoms. The SMILES string of the molecule is CCNC(=NCc1ccc(Br)cc1)NCCCOCC1CC1. The summed E-state index contributed by atoms with van der Waals surface area (Å²) in [4.78, 5) is 4.61. The minimum absolute atomic E-state index is 0.681. The van der Waals surface area contributed by atoms with E-state index in [2.05, 4.69) is 50.6 Å². The monoisotopic (exact) mass is 367 g/mol. The highest BCUT2D eigenvalue weighted by atomic mass is 79.9. The van der Waals surface area contributed by atoms with E-state index in [9.17, 15) is 0 Å². The molecule has 2 rings (SSSR count). The number of guanidine groups is 1. The van der Waals surface area contributed by atoms with Gasteiger partial charge in [-0.2, -0.15) is 0 Å². The first kappa shape index (κ1) is 17.3. The number of nitrogens with zero attached hydrogens (tertiary/aromatic N) is 1. The lowest BCUT2D eigenvalue weighted by molar-refractivity contribution is 0.123. The molecule has 4 nitrogen and oxygen atoms in total. The van der Waals surface area contributed by atoms with Crippen LogP contribution >= 0.6 is 15.9 Å². The zero-order chi connectivity index (χ0) is 15.6. The predicted molar refractivity (Wildman–Crippen MR) is 95.1 cm³/mol. The number of hydrogen-bond acceptors (Lipinski definition) is 2. The van der Waals surface area contributed by atoms with Crippen LogP contribution in [0.15, 0.2) is 33.7 Å². The van der Waals surface area contributed by atoms with Gasteiger partial charge in [-0.1, -0.05) is 28.1 Å². The fraction of sp³-hybridized carbons (Fsp3) is 0.588. The largest absolute Gasteiger partial charge is 0.381 e. The Labute approximate surface area is 141 Å². The molecule has 5 heteroatoms.